The summed E-state index contributed by atoms with van der Waals surface area (Å²) in [5.41, 5.74) is 4.14. The van der Waals surface area contributed by atoms with E-state index in [1.54, 1.807) is 48.5 Å². The Balaban J connectivity index is 1.69. The molecule has 3 aromatic rings. The Labute approximate surface area is 172 Å². The summed E-state index contributed by atoms with van der Waals surface area (Å²) in [6.45, 7) is 4.35. The van der Waals surface area contributed by atoms with Gasteiger partial charge in [-0.1, -0.05) is 47.5 Å². The number of amides is 1. The predicted octanol–water partition coefficient (Wildman–Crippen LogP) is 4.06. The molecule has 0 aliphatic heterocycles. The first-order valence-corrected chi connectivity index (χ1v) is 10.7. The van der Waals surface area contributed by atoms with Gasteiger partial charge in [-0.3, -0.25) is 9.10 Å². The average Bonchev–Trinajstić information content (AvgIpc) is 2.73. The van der Waals surface area contributed by atoms with Crippen molar-refractivity contribution in [2.45, 2.75) is 25.3 Å². The van der Waals surface area contributed by atoms with E-state index in [9.17, 15) is 13.2 Å². The van der Waals surface area contributed by atoms with Crippen LogP contribution in [0.4, 0.5) is 5.69 Å². The topological polar surface area (TPSA) is 66.5 Å². The molecule has 0 spiro atoms. The van der Waals surface area contributed by atoms with Crippen molar-refractivity contribution >= 4 is 21.6 Å². The van der Waals surface area contributed by atoms with Crippen molar-refractivity contribution in [1.29, 1.82) is 0 Å². The third kappa shape index (κ3) is 4.84. The fourth-order valence-electron chi connectivity index (χ4n) is 2.82. The number of anilines is 1. The quantitative estimate of drug-likeness (QED) is 0.669. The first-order valence-electron chi connectivity index (χ1n) is 9.27. The van der Waals surface area contributed by atoms with Gasteiger partial charge in [-0.25, -0.2) is 8.42 Å². The van der Waals surface area contributed by atoms with Crippen molar-refractivity contribution in [2.24, 2.45) is 0 Å². The van der Waals surface area contributed by atoms with Gasteiger partial charge in [0.15, 0.2) is 0 Å². The summed E-state index contributed by atoms with van der Waals surface area (Å²) in [6.07, 6.45) is 0. The molecule has 0 aliphatic rings. The number of nitrogens with one attached hydrogen (secondary N) is 1. The highest BCUT2D eigenvalue weighted by atomic mass is 32.2. The highest BCUT2D eigenvalue weighted by Crippen LogP contribution is 2.22. The summed E-state index contributed by atoms with van der Waals surface area (Å²) < 4.78 is 26.8. The lowest BCUT2D eigenvalue weighted by Gasteiger charge is -2.20. The standard InChI is InChI=1S/C23H24N2O3S/c1-17-4-8-19(9-5-17)16-24-23(26)20-10-12-21(13-11-20)25(3)29(27,28)22-14-6-18(2)7-15-22/h4-15H,16H2,1-3H3,(H,24,26). The predicted molar refractivity (Wildman–Crippen MR) is 116 cm³/mol. The van der Waals surface area contributed by atoms with Gasteiger partial charge >= 0.3 is 0 Å². The van der Waals surface area contributed by atoms with E-state index in [0.717, 1.165) is 11.1 Å². The van der Waals surface area contributed by atoms with Crippen molar-refractivity contribution in [1.82, 2.24) is 5.32 Å². The molecule has 6 heteroatoms. The first kappa shape index (κ1) is 20.6. The molecule has 29 heavy (non-hydrogen) atoms. The lowest BCUT2D eigenvalue weighted by molar-refractivity contribution is 0.0951. The summed E-state index contributed by atoms with van der Waals surface area (Å²) in [7, 11) is -2.16. The molecule has 0 unspecified atom stereocenters. The van der Waals surface area contributed by atoms with Gasteiger partial charge in [0.2, 0.25) is 0 Å². The maximum Gasteiger partial charge on any atom is 0.264 e. The molecule has 0 radical (unpaired) electrons. The number of hydrogen-bond acceptors (Lipinski definition) is 3. The largest absolute Gasteiger partial charge is 0.348 e. The molecule has 150 valence electrons. The van der Waals surface area contributed by atoms with Crippen LogP contribution in [0.15, 0.2) is 77.7 Å². The Morgan fingerprint density at radius 1 is 0.828 bits per heavy atom. The lowest BCUT2D eigenvalue weighted by atomic mass is 10.1. The summed E-state index contributed by atoms with van der Waals surface area (Å²) in [5.74, 6) is -0.207. The van der Waals surface area contributed by atoms with Gasteiger partial charge in [0.25, 0.3) is 15.9 Å². The van der Waals surface area contributed by atoms with E-state index in [1.165, 1.54) is 16.9 Å². The fraction of sp³-hybridized carbons (Fsp3) is 0.174. The molecule has 0 bridgehead atoms. The van der Waals surface area contributed by atoms with Crippen LogP contribution in [0.3, 0.4) is 0 Å². The number of carbonyl (C=O) groups is 1. The van der Waals surface area contributed by atoms with E-state index in [1.807, 2.05) is 38.1 Å². The zero-order chi connectivity index (χ0) is 21.0. The Bertz CT molecular complexity index is 1090. The normalized spacial score (nSPS) is 11.1. The van der Waals surface area contributed by atoms with Crippen LogP contribution in [0, 0.1) is 13.8 Å². The van der Waals surface area contributed by atoms with Crippen molar-refractivity contribution < 1.29 is 13.2 Å². The number of sulfonamides is 1. The van der Waals surface area contributed by atoms with Crippen LogP contribution >= 0.6 is 0 Å². The Hall–Kier alpha value is -3.12. The second kappa shape index (κ2) is 8.49. The minimum atomic E-state index is -3.66. The number of benzene rings is 3. The molecular weight excluding hydrogens is 384 g/mol. The third-order valence-corrected chi connectivity index (χ3v) is 6.55. The van der Waals surface area contributed by atoms with E-state index in [2.05, 4.69) is 5.32 Å². The molecule has 0 fully saturated rings. The number of carbonyl (C=O) groups excluding carboxylic acids is 1. The van der Waals surface area contributed by atoms with Gasteiger partial charge in [0.05, 0.1) is 10.6 Å². The molecule has 0 saturated carbocycles. The maximum absolute atomic E-state index is 12.8. The van der Waals surface area contributed by atoms with E-state index in [-0.39, 0.29) is 10.8 Å². The van der Waals surface area contributed by atoms with Gasteiger partial charge in [-0.2, -0.15) is 0 Å². The van der Waals surface area contributed by atoms with Crippen LogP contribution in [0.1, 0.15) is 27.0 Å². The summed E-state index contributed by atoms with van der Waals surface area (Å²) in [5, 5.41) is 2.87. The molecule has 0 heterocycles. The Morgan fingerprint density at radius 2 is 1.34 bits per heavy atom. The average molecular weight is 409 g/mol. The molecule has 1 amide bonds. The molecule has 0 atom stereocenters. The SMILES string of the molecule is Cc1ccc(CNC(=O)c2ccc(N(C)S(=O)(=O)c3ccc(C)cc3)cc2)cc1. The molecule has 5 nitrogen and oxygen atoms in total. The minimum absolute atomic E-state index is 0.207. The highest BCUT2D eigenvalue weighted by Gasteiger charge is 2.21. The van der Waals surface area contributed by atoms with Gasteiger partial charge in [0, 0.05) is 19.2 Å². The van der Waals surface area contributed by atoms with Crippen molar-refractivity contribution in [3.8, 4) is 0 Å². The molecule has 1 N–H and O–H groups in total. The van der Waals surface area contributed by atoms with Crippen molar-refractivity contribution in [3.05, 3.63) is 95.1 Å². The van der Waals surface area contributed by atoms with Crippen LogP contribution in [-0.2, 0) is 16.6 Å². The summed E-state index contributed by atoms with van der Waals surface area (Å²) in [4.78, 5) is 12.6. The fourth-order valence-corrected chi connectivity index (χ4v) is 4.02. The Morgan fingerprint density at radius 3 is 1.90 bits per heavy atom. The lowest BCUT2D eigenvalue weighted by Crippen LogP contribution is -2.27. The zero-order valence-electron chi connectivity index (χ0n) is 16.7. The third-order valence-electron chi connectivity index (χ3n) is 4.75. The van der Waals surface area contributed by atoms with E-state index < -0.39 is 10.0 Å². The highest BCUT2D eigenvalue weighted by molar-refractivity contribution is 7.92. The van der Waals surface area contributed by atoms with Crippen molar-refractivity contribution in [2.75, 3.05) is 11.4 Å². The van der Waals surface area contributed by atoms with Gasteiger partial charge < -0.3 is 5.32 Å². The first-order chi connectivity index (χ1) is 13.8. The number of nitrogens with zero attached hydrogens (tertiary/aromatic N) is 1. The van der Waals surface area contributed by atoms with Crippen molar-refractivity contribution in [3.63, 3.8) is 0 Å². The molecule has 3 rings (SSSR count). The Kier molecular flexibility index (Phi) is 6.03. The minimum Gasteiger partial charge on any atom is -0.348 e. The number of hydrogen-bond donors (Lipinski definition) is 1. The van der Waals surface area contributed by atoms with Crippen LogP contribution in [-0.4, -0.2) is 21.4 Å². The molecule has 0 aliphatic carbocycles. The van der Waals surface area contributed by atoms with Crippen LogP contribution in [0.5, 0.6) is 0 Å². The monoisotopic (exact) mass is 408 g/mol. The second-order valence-corrected chi connectivity index (χ2v) is 8.97. The van der Waals surface area contributed by atoms with Crippen LogP contribution in [0.2, 0.25) is 0 Å². The second-order valence-electron chi connectivity index (χ2n) is 7.00. The molecular formula is C23H24N2O3S. The van der Waals surface area contributed by atoms with E-state index in [4.69, 9.17) is 0 Å². The van der Waals surface area contributed by atoms with Crippen LogP contribution in [0.25, 0.3) is 0 Å². The smallest absolute Gasteiger partial charge is 0.264 e. The number of rotatable bonds is 6. The molecule has 3 aromatic carbocycles. The summed E-state index contributed by atoms with van der Waals surface area (Å²) in [6, 6.07) is 21.2. The van der Waals surface area contributed by atoms with Crippen LogP contribution < -0.4 is 9.62 Å². The van der Waals surface area contributed by atoms with E-state index >= 15 is 0 Å². The van der Waals surface area contributed by atoms with Gasteiger partial charge in [-0.15, -0.1) is 0 Å². The van der Waals surface area contributed by atoms with Gasteiger partial charge in [0.1, 0.15) is 0 Å². The molecule has 0 saturated heterocycles. The maximum atomic E-state index is 12.8. The zero-order valence-corrected chi connectivity index (χ0v) is 17.5. The van der Waals surface area contributed by atoms with E-state index in [0.29, 0.717) is 17.8 Å². The number of aryl methyl sites for hydroxylation is 2. The molecule has 0 aromatic heterocycles. The summed E-state index contributed by atoms with van der Waals surface area (Å²) >= 11 is 0. The van der Waals surface area contributed by atoms with Gasteiger partial charge in [-0.05, 0) is 55.8 Å².